The summed E-state index contributed by atoms with van der Waals surface area (Å²) in [5.41, 5.74) is 0.698. The van der Waals surface area contributed by atoms with E-state index >= 15 is 0 Å². The van der Waals surface area contributed by atoms with E-state index in [1.165, 1.54) is 18.6 Å². The standard InChI is InChI=1S/C10H10N4O2/c1-14(2)6-8-10(15)16-9(13-8)7-5-11-3-4-12-7/h3-6H,1-2H3/b8-6-. The minimum absolute atomic E-state index is 0.186. The second-order valence-corrected chi connectivity index (χ2v) is 3.38. The molecular weight excluding hydrogens is 208 g/mol. The average Bonchev–Trinajstić information content (AvgIpc) is 2.61. The van der Waals surface area contributed by atoms with Gasteiger partial charge in [0, 0.05) is 32.7 Å². The van der Waals surface area contributed by atoms with Gasteiger partial charge in [-0.25, -0.2) is 14.8 Å². The first kappa shape index (κ1) is 10.3. The van der Waals surface area contributed by atoms with Crippen molar-refractivity contribution < 1.29 is 9.53 Å². The number of carbonyl (C=O) groups excluding carboxylic acids is 1. The highest BCUT2D eigenvalue weighted by Crippen LogP contribution is 2.14. The zero-order chi connectivity index (χ0) is 11.5. The number of cyclic esters (lactones) is 1. The van der Waals surface area contributed by atoms with Gasteiger partial charge in [-0.2, -0.15) is 0 Å². The maximum absolute atomic E-state index is 11.4. The van der Waals surface area contributed by atoms with Crippen LogP contribution in [-0.4, -0.2) is 40.8 Å². The van der Waals surface area contributed by atoms with Gasteiger partial charge >= 0.3 is 5.97 Å². The van der Waals surface area contributed by atoms with Crippen LogP contribution >= 0.6 is 0 Å². The largest absolute Gasteiger partial charge is 0.400 e. The summed E-state index contributed by atoms with van der Waals surface area (Å²) in [7, 11) is 3.60. The Bertz CT molecular complexity index is 465. The van der Waals surface area contributed by atoms with Crippen molar-refractivity contribution in [3.05, 3.63) is 36.2 Å². The third kappa shape index (κ3) is 2.05. The van der Waals surface area contributed by atoms with E-state index in [0.29, 0.717) is 5.69 Å². The van der Waals surface area contributed by atoms with Crippen LogP contribution < -0.4 is 0 Å². The SMILES string of the molecule is CN(C)/C=C1\N=C(c2cnccn2)OC1=O. The van der Waals surface area contributed by atoms with E-state index in [1.807, 2.05) is 0 Å². The molecule has 0 unspecified atom stereocenters. The van der Waals surface area contributed by atoms with E-state index in [-0.39, 0.29) is 11.6 Å². The van der Waals surface area contributed by atoms with Crippen molar-refractivity contribution in [1.82, 2.24) is 14.9 Å². The van der Waals surface area contributed by atoms with Gasteiger partial charge in [-0.15, -0.1) is 0 Å². The van der Waals surface area contributed by atoms with Crippen molar-refractivity contribution >= 4 is 11.9 Å². The molecule has 0 bridgehead atoms. The summed E-state index contributed by atoms with van der Waals surface area (Å²) in [5.74, 6) is -0.291. The van der Waals surface area contributed by atoms with Crippen LogP contribution in [0.15, 0.2) is 35.5 Å². The third-order valence-corrected chi connectivity index (χ3v) is 1.78. The Hall–Kier alpha value is -2.24. The monoisotopic (exact) mass is 218 g/mol. The van der Waals surface area contributed by atoms with Crippen LogP contribution in [0, 0.1) is 0 Å². The Morgan fingerprint density at radius 1 is 1.38 bits per heavy atom. The maximum atomic E-state index is 11.4. The normalized spacial score (nSPS) is 17.2. The lowest BCUT2D eigenvalue weighted by Crippen LogP contribution is -2.08. The lowest BCUT2D eigenvalue weighted by Gasteiger charge is -2.02. The summed E-state index contributed by atoms with van der Waals surface area (Å²) < 4.78 is 4.97. The molecule has 0 fully saturated rings. The molecule has 0 radical (unpaired) electrons. The van der Waals surface area contributed by atoms with Crippen molar-refractivity contribution in [2.75, 3.05) is 14.1 Å². The second-order valence-electron chi connectivity index (χ2n) is 3.38. The second kappa shape index (κ2) is 4.09. The van der Waals surface area contributed by atoms with E-state index in [2.05, 4.69) is 15.0 Å². The number of hydrogen-bond donors (Lipinski definition) is 0. The van der Waals surface area contributed by atoms with Crippen molar-refractivity contribution in [3.63, 3.8) is 0 Å². The van der Waals surface area contributed by atoms with Gasteiger partial charge in [0.15, 0.2) is 5.70 Å². The maximum Gasteiger partial charge on any atom is 0.365 e. The zero-order valence-corrected chi connectivity index (χ0v) is 8.91. The van der Waals surface area contributed by atoms with Gasteiger partial charge in [-0.1, -0.05) is 0 Å². The molecule has 1 aliphatic heterocycles. The smallest absolute Gasteiger partial charge is 0.365 e. The summed E-state index contributed by atoms with van der Waals surface area (Å²) in [6.07, 6.45) is 6.13. The molecule has 0 saturated carbocycles. The molecule has 0 aromatic carbocycles. The zero-order valence-electron chi connectivity index (χ0n) is 8.91. The number of rotatable bonds is 2. The summed E-state index contributed by atoms with van der Waals surface area (Å²) in [4.78, 5) is 25.0. The fourth-order valence-electron chi connectivity index (χ4n) is 1.16. The van der Waals surface area contributed by atoms with Crippen LogP contribution in [0.5, 0.6) is 0 Å². The van der Waals surface area contributed by atoms with Crippen molar-refractivity contribution in [2.24, 2.45) is 4.99 Å². The number of ether oxygens (including phenoxy) is 1. The molecule has 0 spiro atoms. The van der Waals surface area contributed by atoms with Crippen LogP contribution in [0.1, 0.15) is 5.69 Å². The van der Waals surface area contributed by atoms with Gasteiger partial charge in [0.05, 0.1) is 6.20 Å². The minimum atomic E-state index is -0.477. The molecule has 1 aromatic rings. The first-order valence-electron chi connectivity index (χ1n) is 4.62. The molecule has 1 aliphatic rings. The Morgan fingerprint density at radius 3 is 2.81 bits per heavy atom. The van der Waals surface area contributed by atoms with E-state index in [9.17, 15) is 4.79 Å². The van der Waals surface area contributed by atoms with Crippen LogP contribution in [0.25, 0.3) is 0 Å². The average molecular weight is 218 g/mol. The molecule has 0 aliphatic carbocycles. The molecule has 2 heterocycles. The van der Waals surface area contributed by atoms with Gasteiger partial charge < -0.3 is 9.64 Å². The first-order chi connectivity index (χ1) is 7.66. The predicted molar refractivity (Wildman–Crippen MR) is 56.4 cm³/mol. The van der Waals surface area contributed by atoms with Gasteiger partial charge in [0.1, 0.15) is 5.69 Å². The van der Waals surface area contributed by atoms with E-state index < -0.39 is 5.97 Å². The van der Waals surface area contributed by atoms with Crippen LogP contribution in [0.2, 0.25) is 0 Å². The fourth-order valence-corrected chi connectivity index (χ4v) is 1.16. The highest BCUT2D eigenvalue weighted by molar-refractivity contribution is 6.10. The molecule has 6 nitrogen and oxygen atoms in total. The molecule has 0 saturated heterocycles. The third-order valence-electron chi connectivity index (χ3n) is 1.78. The lowest BCUT2D eigenvalue weighted by atomic mass is 10.4. The molecule has 0 N–H and O–H groups in total. The van der Waals surface area contributed by atoms with Crippen molar-refractivity contribution in [2.45, 2.75) is 0 Å². The Kier molecular flexibility index (Phi) is 2.63. The fraction of sp³-hybridized carbons (Fsp3) is 0.200. The molecule has 0 amide bonds. The Labute approximate surface area is 92.3 Å². The first-order valence-corrected chi connectivity index (χ1v) is 4.62. The number of aliphatic imine (C=N–C) groups is 1. The van der Waals surface area contributed by atoms with Gasteiger partial charge in [0.25, 0.3) is 5.90 Å². The Balaban J connectivity index is 2.30. The van der Waals surface area contributed by atoms with Crippen LogP contribution in [0.3, 0.4) is 0 Å². The van der Waals surface area contributed by atoms with E-state index in [4.69, 9.17) is 4.74 Å². The van der Waals surface area contributed by atoms with Crippen LogP contribution in [-0.2, 0) is 9.53 Å². The van der Waals surface area contributed by atoms with E-state index in [1.54, 1.807) is 25.2 Å². The molecule has 0 atom stereocenters. The predicted octanol–water partition coefficient (Wildman–Crippen LogP) is 0.183. The number of hydrogen-bond acceptors (Lipinski definition) is 6. The van der Waals surface area contributed by atoms with E-state index in [0.717, 1.165) is 0 Å². The molecule has 1 aromatic heterocycles. The highest BCUT2D eigenvalue weighted by atomic mass is 16.6. The number of aromatic nitrogens is 2. The quantitative estimate of drug-likeness (QED) is 0.523. The highest BCUT2D eigenvalue weighted by Gasteiger charge is 2.25. The Morgan fingerprint density at radius 2 is 2.19 bits per heavy atom. The van der Waals surface area contributed by atoms with Gasteiger partial charge in [-0.05, 0) is 0 Å². The number of esters is 1. The molecule has 16 heavy (non-hydrogen) atoms. The van der Waals surface area contributed by atoms with Crippen LogP contribution in [0.4, 0.5) is 0 Å². The van der Waals surface area contributed by atoms with Crippen molar-refractivity contribution in [3.8, 4) is 0 Å². The number of nitrogens with zero attached hydrogens (tertiary/aromatic N) is 4. The molecular formula is C10H10N4O2. The summed E-state index contributed by atoms with van der Waals surface area (Å²) in [6.45, 7) is 0. The topological polar surface area (TPSA) is 67.7 Å². The van der Waals surface area contributed by atoms with Crippen molar-refractivity contribution in [1.29, 1.82) is 0 Å². The minimum Gasteiger partial charge on any atom is -0.400 e. The van der Waals surface area contributed by atoms with Gasteiger partial charge in [-0.3, -0.25) is 4.98 Å². The summed E-state index contributed by atoms with van der Waals surface area (Å²) in [5, 5.41) is 0. The lowest BCUT2D eigenvalue weighted by molar-refractivity contribution is -0.130. The molecule has 6 heteroatoms. The van der Waals surface area contributed by atoms with Gasteiger partial charge in [0.2, 0.25) is 0 Å². The summed E-state index contributed by atoms with van der Waals surface area (Å²) in [6, 6.07) is 0. The summed E-state index contributed by atoms with van der Waals surface area (Å²) >= 11 is 0. The molecule has 2 rings (SSSR count). The molecule has 82 valence electrons. The number of carbonyl (C=O) groups is 1.